The molecule has 2 aliphatic rings. The maximum atomic E-state index is 13.1. The number of thioether (sulfide) groups is 1. The van der Waals surface area contributed by atoms with E-state index in [1.165, 1.54) is 0 Å². The van der Waals surface area contributed by atoms with Crippen molar-refractivity contribution in [3.63, 3.8) is 0 Å². The molecule has 148 valence electrons. The number of hydrogen-bond acceptors (Lipinski definition) is 5. The molecule has 0 spiro atoms. The number of carbonyl (C=O) groups is 1. The van der Waals surface area contributed by atoms with Crippen molar-refractivity contribution in [2.45, 2.75) is 30.4 Å². The normalized spacial score (nSPS) is 18.1. The molecule has 1 saturated heterocycles. The Morgan fingerprint density at radius 3 is 2.75 bits per heavy atom. The van der Waals surface area contributed by atoms with Crippen LogP contribution in [0.25, 0.3) is 0 Å². The van der Waals surface area contributed by atoms with Gasteiger partial charge in [-0.2, -0.15) is 0 Å². The molecule has 0 aromatic heterocycles. The molecule has 2 aromatic carbocycles. The first-order valence-corrected chi connectivity index (χ1v) is 10.7. The van der Waals surface area contributed by atoms with E-state index in [0.29, 0.717) is 25.9 Å². The first-order chi connectivity index (χ1) is 13.7. The summed E-state index contributed by atoms with van der Waals surface area (Å²) in [6, 6.07) is 13.7. The van der Waals surface area contributed by atoms with Gasteiger partial charge in [0.25, 0.3) is 5.91 Å². The lowest BCUT2D eigenvalue weighted by atomic mass is 10.1. The second-order valence-electron chi connectivity index (χ2n) is 7.08. The van der Waals surface area contributed by atoms with Crippen molar-refractivity contribution in [3.05, 3.63) is 53.6 Å². The number of ether oxygens (including phenoxy) is 3. The number of fused-ring (bicyclic) bond motifs is 1. The van der Waals surface area contributed by atoms with Gasteiger partial charge in [0.2, 0.25) is 0 Å². The highest BCUT2D eigenvalue weighted by atomic mass is 32.2. The largest absolute Gasteiger partial charge is 0.486 e. The molecule has 1 atom stereocenters. The minimum atomic E-state index is 0.0188. The Bertz CT molecular complexity index is 835. The van der Waals surface area contributed by atoms with Crippen LogP contribution in [0, 0.1) is 0 Å². The fraction of sp³-hybridized carbons (Fsp3) is 0.409. The molecular formula is C22H25NO4S. The van der Waals surface area contributed by atoms with Crippen LogP contribution in [0.3, 0.4) is 0 Å². The lowest BCUT2D eigenvalue weighted by molar-refractivity contribution is 0.0781. The van der Waals surface area contributed by atoms with Gasteiger partial charge in [-0.1, -0.05) is 18.2 Å². The number of nitrogens with zero attached hydrogens (tertiary/aromatic N) is 1. The average molecular weight is 400 g/mol. The van der Waals surface area contributed by atoms with Gasteiger partial charge in [0, 0.05) is 30.8 Å². The third-order valence-corrected chi connectivity index (χ3v) is 6.14. The maximum Gasteiger partial charge on any atom is 0.255 e. The number of carbonyl (C=O) groups excluding carboxylic acids is 1. The zero-order valence-electron chi connectivity index (χ0n) is 16.1. The fourth-order valence-corrected chi connectivity index (χ4v) is 4.58. The molecular weight excluding hydrogens is 374 g/mol. The lowest BCUT2D eigenvalue weighted by Gasteiger charge is -2.22. The van der Waals surface area contributed by atoms with Gasteiger partial charge in [0.1, 0.15) is 13.2 Å². The van der Waals surface area contributed by atoms with Gasteiger partial charge < -0.3 is 19.1 Å². The van der Waals surface area contributed by atoms with Gasteiger partial charge >= 0.3 is 0 Å². The Hall–Kier alpha value is -2.18. The van der Waals surface area contributed by atoms with Crippen LogP contribution in [0.1, 0.15) is 28.8 Å². The van der Waals surface area contributed by atoms with Gasteiger partial charge in [-0.25, -0.2) is 0 Å². The number of amides is 1. The summed E-state index contributed by atoms with van der Waals surface area (Å²) in [6.45, 7) is 2.50. The van der Waals surface area contributed by atoms with E-state index in [2.05, 4.69) is 0 Å². The summed E-state index contributed by atoms with van der Waals surface area (Å²) in [7, 11) is 1.83. The summed E-state index contributed by atoms with van der Waals surface area (Å²) < 4.78 is 16.9. The molecule has 4 rings (SSSR count). The standard InChI is InChI=1S/C22H25NO4S/c1-23(14-16-8-9-19-20(13-16)27-12-11-26-19)22(24)18-6-2-3-7-21(18)28-15-17-5-4-10-25-17/h2-3,6-9,13,17H,4-5,10-12,14-15H2,1H3. The SMILES string of the molecule is CN(Cc1ccc2c(c1)OCCO2)C(=O)c1ccccc1SCC1CCCO1. The second kappa shape index (κ2) is 8.88. The molecule has 2 aromatic rings. The van der Waals surface area contributed by atoms with E-state index in [0.717, 1.165) is 52.7 Å². The van der Waals surface area contributed by atoms with E-state index < -0.39 is 0 Å². The van der Waals surface area contributed by atoms with Crippen LogP contribution in [0.15, 0.2) is 47.4 Å². The monoisotopic (exact) mass is 399 g/mol. The highest BCUT2D eigenvalue weighted by molar-refractivity contribution is 7.99. The predicted octanol–water partition coefficient (Wildman–Crippen LogP) is 4.00. The van der Waals surface area contributed by atoms with E-state index in [1.54, 1.807) is 16.7 Å². The van der Waals surface area contributed by atoms with Crippen LogP contribution >= 0.6 is 11.8 Å². The number of rotatable bonds is 6. The van der Waals surface area contributed by atoms with Crippen molar-refractivity contribution in [1.29, 1.82) is 0 Å². The molecule has 0 N–H and O–H groups in total. The third kappa shape index (κ3) is 4.45. The van der Waals surface area contributed by atoms with Crippen molar-refractivity contribution in [1.82, 2.24) is 4.90 Å². The summed E-state index contributed by atoms with van der Waals surface area (Å²) in [6.07, 6.45) is 2.53. The molecule has 1 fully saturated rings. The van der Waals surface area contributed by atoms with E-state index in [1.807, 2.05) is 49.5 Å². The van der Waals surface area contributed by atoms with Gasteiger partial charge in [-0.15, -0.1) is 11.8 Å². The van der Waals surface area contributed by atoms with Gasteiger partial charge in [0.15, 0.2) is 11.5 Å². The molecule has 2 heterocycles. The van der Waals surface area contributed by atoms with Crippen LogP contribution in [-0.2, 0) is 11.3 Å². The zero-order valence-corrected chi connectivity index (χ0v) is 16.9. The minimum absolute atomic E-state index is 0.0188. The zero-order chi connectivity index (χ0) is 19.3. The Balaban J connectivity index is 1.43. The fourth-order valence-electron chi connectivity index (χ4n) is 3.47. The maximum absolute atomic E-state index is 13.1. The Morgan fingerprint density at radius 1 is 1.11 bits per heavy atom. The van der Waals surface area contributed by atoms with E-state index in [-0.39, 0.29) is 5.91 Å². The summed E-state index contributed by atoms with van der Waals surface area (Å²) in [5.74, 6) is 2.41. The smallest absolute Gasteiger partial charge is 0.255 e. The molecule has 0 aliphatic carbocycles. The average Bonchev–Trinajstić information content (AvgIpc) is 3.25. The number of hydrogen-bond donors (Lipinski definition) is 0. The highest BCUT2D eigenvalue weighted by Gasteiger charge is 2.20. The van der Waals surface area contributed by atoms with E-state index in [4.69, 9.17) is 14.2 Å². The van der Waals surface area contributed by atoms with Gasteiger partial charge in [-0.3, -0.25) is 4.79 Å². The first kappa shape index (κ1) is 19.2. The Kier molecular flexibility index (Phi) is 6.07. The van der Waals surface area contributed by atoms with Crippen LogP contribution < -0.4 is 9.47 Å². The predicted molar refractivity (Wildman–Crippen MR) is 109 cm³/mol. The molecule has 6 heteroatoms. The summed E-state index contributed by atoms with van der Waals surface area (Å²) in [5.41, 5.74) is 1.76. The van der Waals surface area contributed by atoms with Crippen LogP contribution in [-0.4, -0.2) is 49.5 Å². The molecule has 1 unspecified atom stereocenters. The van der Waals surface area contributed by atoms with Crippen LogP contribution in [0.5, 0.6) is 11.5 Å². The van der Waals surface area contributed by atoms with E-state index >= 15 is 0 Å². The third-order valence-electron chi connectivity index (χ3n) is 4.94. The molecule has 1 amide bonds. The topological polar surface area (TPSA) is 48.0 Å². The molecule has 5 nitrogen and oxygen atoms in total. The van der Waals surface area contributed by atoms with Crippen LogP contribution in [0.2, 0.25) is 0 Å². The second-order valence-corrected chi connectivity index (χ2v) is 8.14. The van der Waals surface area contributed by atoms with Crippen molar-refractivity contribution >= 4 is 17.7 Å². The summed E-state index contributed by atoms with van der Waals surface area (Å²) in [5, 5.41) is 0. The first-order valence-electron chi connectivity index (χ1n) is 9.68. The van der Waals surface area contributed by atoms with Crippen LogP contribution in [0.4, 0.5) is 0 Å². The molecule has 0 saturated carbocycles. The molecule has 0 radical (unpaired) electrons. The summed E-state index contributed by atoms with van der Waals surface area (Å²) >= 11 is 1.71. The molecule has 2 aliphatic heterocycles. The number of benzene rings is 2. The van der Waals surface area contributed by atoms with Gasteiger partial charge in [-0.05, 0) is 42.7 Å². The summed E-state index contributed by atoms with van der Waals surface area (Å²) in [4.78, 5) is 15.8. The molecule has 28 heavy (non-hydrogen) atoms. The van der Waals surface area contributed by atoms with Crippen molar-refractivity contribution in [2.75, 3.05) is 32.6 Å². The Labute approximate surface area is 170 Å². The van der Waals surface area contributed by atoms with Gasteiger partial charge in [0.05, 0.1) is 11.7 Å². The van der Waals surface area contributed by atoms with Crippen molar-refractivity contribution < 1.29 is 19.0 Å². The van der Waals surface area contributed by atoms with Crippen molar-refractivity contribution in [3.8, 4) is 11.5 Å². The van der Waals surface area contributed by atoms with Crippen molar-refractivity contribution in [2.24, 2.45) is 0 Å². The lowest BCUT2D eigenvalue weighted by Crippen LogP contribution is -2.27. The van der Waals surface area contributed by atoms with E-state index in [9.17, 15) is 4.79 Å². The minimum Gasteiger partial charge on any atom is -0.486 e. The molecule has 0 bridgehead atoms. The Morgan fingerprint density at radius 2 is 1.93 bits per heavy atom. The highest BCUT2D eigenvalue weighted by Crippen LogP contribution is 2.32. The quantitative estimate of drug-likeness (QED) is 0.687.